The van der Waals surface area contributed by atoms with Crippen molar-refractivity contribution in [1.82, 2.24) is 5.32 Å². The third kappa shape index (κ3) is 2.47. The molecule has 1 rings (SSSR count). The number of benzene rings is 1. The molecule has 1 N–H and O–H groups in total. The summed E-state index contributed by atoms with van der Waals surface area (Å²) < 4.78 is 10.9. The normalized spacial score (nSPS) is 10.3. The van der Waals surface area contributed by atoms with Gasteiger partial charge in [-0.15, -0.1) is 0 Å². The topological polar surface area (TPSA) is 30.5 Å². The van der Waals surface area contributed by atoms with Crippen molar-refractivity contribution in [3.05, 3.63) is 22.8 Å². The van der Waals surface area contributed by atoms with Crippen molar-refractivity contribution >= 4 is 0 Å². The van der Waals surface area contributed by atoms with Crippen LogP contribution in [-0.2, 0) is 6.42 Å². The molecule has 0 spiro atoms. The minimum atomic E-state index is 0.846. The molecular weight excluding hydrogens is 202 g/mol. The summed E-state index contributed by atoms with van der Waals surface area (Å²) >= 11 is 0. The Hall–Kier alpha value is -1.22. The SMILES string of the molecule is CNCCc1c(C)cc(C)c(OC)c1OC. The molecule has 16 heavy (non-hydrogen) atoms. The number of aryl methyl sites for hydroxylation is 2. The highest BCUT2D eigenvalue weighted by Gasteiger charge is 2.15. The summed E-state index contributed by atoms with van der Waals surface area (Å²) in [6.45, 7) is 5.08. The van der Waals surface area contributed by atoms with Crippen LogP contribution in [0.15, 0.2) is 6.07 Å². The predicted octanol–water partition coefficient (Wildman–Crippen LogP) is 2.08. The Balaban J connectivity index is 3.22. The van der Waals surface area contributed by atoms with Crippen LogP contribution in [0.25, 0.3) is 0 Å². The molecule has 3 nitrogen and oxygen atoms in total. The molecule has 0 heterocycles. The number of nitrogens with one attached hydrogen (secondary N) is 1. The van der Waals surface area contributed by atoms with Gasteiger partial charge in [0, 0.05) is 5.56 Å². The largest absolute Gasteiger partial charge is 0.493 e. The molecule has 1 aromatic rings. The van der Waals surface area contributed by atoms with E-state index in [1.54, 1.807) is 14.2 Å². The van der Waals surface area contributed by atoms with Crippen LogP contribution in [0.1, 0.15) is 16.7 Å². The first-order valence-corrected chi connectivity index (χ1v) is 5.51. The summed E-state index contributed by atoms with van der Waals surface area (Å²) in [5, 5.41) is 3.15. The van der Waals surface area contributed by atoms with E-state index in [0.29, 0.717) is 0 Å². The van der Waals surface area contributed by atoms with Crippen molar-refractivity contribution in [2.24, 2.45) is 0 Å². The van der Waals surface area contributed by atoms with Gasteiger partial charge in [0.15, 0.2) is 11.5 Å². The average molecular weight is 223 g/mol. The highest BCUT2D eigenvalue weighted by Crippen LogP contribution is 2.36. The highest BCUT2D eigenvalue weighted by atomic mass is 16.5. The standard InChI is InChI=1S/C13H21NO2/c1-9-8-10(2)12(15-4)13(16-5)11(9)6-7-14-3/h8,14H,6-7H2,1-5H3. The van der Waals surface area contributed by atoms with Crippen molar-refractivity contribution in [3.63, 3.8) is 0 Å². The van der Waals surface area contributed by atoms with Gasteiger partial charge in [0.05, 0.1) is 14.2 Å². The molecule has 0 aromatic heterocycles. The Labute approximate surface area is 97.8 Å². The molecule has 0 aliphatic heterocycles. The van der Waals surface area contributed by atoms with Crippen LogP contribution in [0.3, 0.4) is 0 Å². The Kier molecular flexibility index (Phi) is 4.62. The van der Waals surface area contributed by atoms with E-state index in [1.807, 2.05) is 14.0 Å². The number of methoxy groups -OCH3 is 2. The molecule has 3 heteroatoms. The second-order valence-electron chi connectivity index (χ2n) is 3.91. The minimum Gasteiger partial charge on any atom is -0.493 e. The van der Waals surface area contributed by atoms with Crippen molar-refractivity contribution < 1.29 is 9.47 Å². The zero-order valence-corrected chi connectivity index (χ0v) is 10.8. The minimum absolute atomic E-state index is 0.846. The molecule has 0 saturated carbocycles. The van der Waals surface area contributed by atoms with Crippen molar-refractivity contribution in [2.45, 2.75) is 20.3 Å². The van der Waals surface area contributed by atoms with Crippen LogP contribution in [0.5, 0.6) is 11.5 Å². The van der Waals surface area contributed by atoms with E-state index < -0.39 is 0 Å². The van der Waals surface area contributed by atoms with Crippen molar-refractivity contribution in [3.8, 4) is 11.5 Å². The van der Waals surface area contributed by atoms with Crippen molar-refractivity contribution in [2.75, 3.05) is 27.8 Å². The molecule has 0 aliphatic rings. The lowest BCUT2D eigenvalue weighted by atomic mass is 10.0. The van der Waals surface area contributed by atoms with E-state index in [1.165, 1.54) is 11.1 Å². The van der Waals surface area contributed by atoms with Gasteiger partial charge in [-0.3, -0.25) is 0 Å². The summed E-state index contributed by atoms with van der Waals surface area (Å²) in [5.41, 5.74) is 3.59. The van der Waals surface area contributed by atoms with Crippen LogP contribution < -0.4 is 14.8 Å². The number of likely N-dealkylation sites (N-methyl/N-ethyl adjacent to an activating group) is 1. The van der Waals surface area contributed by atoms with Gasteiger partial charge >= 0.3 is 0 Å². The number of rotatable bonds is 5. The van der Waals surface area contributed by atoms with Crippen LogP contribution >= 0.6 is 0 Å². The van der Waals surface area contributed by atoms with E-state index in [4.69, 9.17) is 9.47 Å². The van der Waals surface area contributed by atoms with Crippen LogP contribution in [-0.4, -0.2) is 27.8 Å². The first kappa shape index (κ1) is 12.8. The summed E-state index contributed by atoms with van der Waals surface area (Å²) in [6, 6.07) is 2.15. The van der Waals surface area contributed by atoms with E-state index >= 15 is 0 Å². The van der Waals surface area contributed by atoms with Gasteiger partial charge in [-0.2, -0.15) is 0 Å². The molecule has 1 aromatic carbocycles. The molecule has 0 unspecified atom stereocenters. The molecule has 0 atom stereocenters. The monoisotopic (exact) mass is 223 g/mol. The second kappa shape index (κ2) is 5.75. The third-order valence-corrected chi connectivity index (χ3v) is 2.78. The summed E-state index contributed by atoms with van der Waals surface area (Å²) in [7, 11) is 5.33. The van der Waals surface area contributed by atoms with Gasteiger partial charge in [-0.25, -0.2) is 0 Å². The maximum Gasteiger partial charge on any atom is 0.164 e. The van der Waals surface area contributed by atoms with Gasteiger partial charge in [-0.05, 0) is 45.0 Å². The third-order valence-electron chi connectivity index (χ3n) is 2.78. The molecular formula is C13H21NO2. The average Bonchev–Trinajstić information content (AvgIpc) is 2.27. The van der Waals surface area contributed by atoms with Crippen molar-refractivity contribution in [1.29, 1.82) is 0 Å². The lowest BCUT2D eigenvalue weighted by molar-refractivity contribution is 0.349. The zero-order valence-electron chi connectivity index (χ0n) is 10.8. The maximum absolute atomic E-state index is 5.47. The first-order valence-electron chi connectivity index (χ1n) is 5.51. The van der Waals surface area contributed by atoms with Crippen LogP contribution in [0, 0.1) is 13.8 Å². The van der Waals surface area contributed by atoms with Crippen LogP contribution in [0.4, 0.5) is 0 Å². The van der Waals surface area contributed by atoms with Gasteiger partial charge in [0.1, 0.15) is 0 Å². The Morgan fingerprint density at radius 2 is 1.69 bits per heavy atom. The van der Waals surface area contributed by atoms with Crippen LogP contribution in [0.2, 0.25) is 0 Å². The quantitative estimate of drug-likeness (QED) is 0.829. The Morgan fingerprint density at radius 1 is 1.06 bits per heavy atom. The maximum atomic E-state index is 5.47. The second-order valence-corrected chi connectivity index (χ2v) is 3.91. The fraction of sp³-hybridized carbons (Fsp3) is 0.538. The van der Waals surface area contributed by atoms with Gasteiger partial charge in [0.2, 0.25) is 0 Å². The molecule has 90 valence electrons. The summed E-state index contributed by atoms with van der Waals surface area (Å²) in [6.07, 6.45) is 0.947. The smallest absolute Gasteiger partial charge is 0.164 e. The fourth-order valence-electron chi connectivity index (χ4n) is 2.00. The highest BCUT2D eigenvalue weighted by molar-refractivity contribution is 5.55. The number of hydrogen-bond acceptors (Lipinski definition) is 3. The van der Waals surface area contributed by atoms with E-state index in [9.17, 15) is 0 Å². The lowest BCUT2D eigenvalue weighted by Crippen LogP contribution is -2.12. The van der Waals surface area contributed by atoms with E-state index in [-0.39, 0.29) is 0 Å². The number of hydrogen-bond donors (Lipinski definition) is 1. The Morgan fingerprint density at radius 3 is 2.19 bits per heavy atom. The summed E-state index contributed by atoms with van der Waals surface area (Å²) in [5.74, 6) is 1.72. The van der Waals surface area contributed by atoms with Gasteiger partial charge in [0.25, 0.3) is 0 Å². The molecule has 0 saturated heterocycles. The van der Waals surface area contributed by atoms with Gasteiger partial charge < -0.3 is 14.8 Å². The molecule has 0 fully saturated rings. The molecule has 0 amide bonds. The van der Waals surface area contributed by atoms with Gasteiger partial charge in [-0.1, -0.05) is 6.07 Å². The lowest BCUT2D eigenvalue weighted by Gasteiger charge is -2.17. The summed E-state index contributed by atoms with van der Waals surface area (Å²) in [4.78, 5) is 0. The number of ether oxygens (including phenoxy) is 2. The fourth-order valence-corrected chi connectivity index (χ4v) is 2.00. The Bertz CT molecular complexity index is 361. The zero-order chi connectivity index (χ0) is 12.1. The molecule has 0 aliphatic carbocycles. The van der Waals surface area contributed by atoms with E-state index in [2.05, 4.69) is 18.3 Å². The molecule has 0 bridgehead atoms. The molecule has 0 radical (unpaired) electrons. The predicted molar refractivity (Wildman–Crippen MR) is 66.7 cm³/mol. The first-order chi connectivity index (χ1) is 7.65. The van der Waals surface area contributed by atoms with E-state index in [0.717, 1.165) is 30.0 Å².